The second-order valence-corrected chi connectivity index (χ2v) is 5.65. The van der Waals surface area contributed by atoms with E-state index in [2.05, 4.69) is 0 Å². The highest BCUT2D eigenvalue weighted by Crippen LogP contribution is 2.32. The van der Waals surface area contributed by atoms with Gasteiger partial charge in [0.1, 0.15) is 5.75 Å². The van der Waals surface area contributed by atoms with E-state index in [0.717, 1.165) is 0 Å². The number of phenolic OH excluding ortho intramolecular Hbond substituents is 1. The van der Waals surface area contributed by atoms with E-state index < -0.39 is 5.97 Å². The SMILES string of the molecule is CCOC(=O)Cc1cc(O)c2ccccc2c1C(=O)c1ccccc1. The summed E-state index contributed by atoms with van der Waals surface area (Å²) in [4.78, 5) is 25.1. The zero-order chi connectivity index (χ0) is 17.8. The Hall–Kier alpha value is -3.14. The zero-order valence-corrected chi connectivity index (χ0v) is 13.9. The van der Waals surface area contributed by atoms with Crippen molar-refractivity contribution in [2.24, 2.45) is 0 Å². The fraction of sp³-hybridized carbons (Fsp3) is 0.143. The average molecular weight is 334 g/mol. The molecule has 0 bridgehead atoms. The molecular formula is C21H18O4. The van der Waals surface area contributed by atoms with E-state index in [-0.39, 0.29) is 24.6 Å². The first kappa shape index (κ1) is 16.7. The fourth-order valence-corrected chi connectivity index (χ4v) is 2.92. The number of phenols is 1. The quantitative estimate of drug-likeness (QED) is 0.568. The van der Waals surface area contributed by atoms with Gasteiger partial charge in [-0.15, -0.1) is 0 Å². The molecular weight excluding hydrogens is 316 g/mol. The number of benzene rings is 3. The van der Waals surface area contributed by atoms with Gasteiger partial charge in [0.05, 0.1) is 13.0 Å². The smallest absolute Gasteiger partial charge is 0.310 e. The zero-order valence-electron chi connectivity index (χ0n) is 13.9. The van der Waals surface area contributed by atoms with Gasteiger partial charge in [-0.2, -0.15) is 0 Å². The molecule has 25 heavy (non-hydrogen) atoms. The molecule has 0 heterocycles. The normalized spacial score (nSPS) is 10.6. The molecule has 0 saturated carbocycles. The molecule has 126 valence electrons. The lowest BCUT2D eigenvalue weighted by Crippen LogP contribution is -2.13. The van der Waals surface area contributed by atoms with Crippen molar-refractivity contribution in [3.8, 4) is 5.75 Å². The lowest BCUT2D eigenvalue weighted by Gasteiger charge is -2.14. The van der Waals surface area contributed by atoms with Crippen LogP contribution in [0.1, 0.15) is 28.4 Å². The molecule has 1 N–H and O–H groups in total. The topological polar surface area (TPSA) is 63.6 Å². The maximum Gasteiger partial charge on any atom is 0.310 e. The van der Waals surface area contributed by atoms with E-state index in [0.29, 0.717) is 27.5 Å². The third-order valence-electron chi connectivity index (χ3n) is 4.01. The van der Waals surface area contributed by atoms with E-state index in [4.69, 9.17) is 4.74 Å². The summed E-state index contributed by atoms with van der Waals surface area (Å²) < 4.78 is 5.01. The Balaban J connectivity index is 2.20. The number of hydrogen-bond acceptors (Lipinski definition) is 4. The van der Waals surface area contributed by atoms with E-state index in [9.17, 15) is 14.7 Å². The summed E-state index contributed by atoms with van der Waals surface area (Å²) in [6.07, 6.45) is -0.0693. The number of carbonyl (C=O) groups excluding carboxylic acids is 2. The van der Waals surface area contributed by atoms with Gasteiger partial charge in [-0.1, -0.05) is 54.6 Å². The number of fused-ring (bicyclic) bond motifs is 1. The van der Waals surface area contributed by atoms with Crippen LogP contribution in [0.15, 0.2) is 60.7 Å². The van der Waals surface area contributed by atoms with Gasteiger partial charge >= 0.3 is 5.97 Å². The summed E-state index contributed by atoms with van der Waals surface area (Å²) in [5, 5.41) is 11.5. The Morgan fingerprint density at radius 1 is 0.960 bits per heavy atom. The molecule has 0 unspecified atom stereocenters. The van der Waals surface area contributed by atoms with Gasteiger partial charge in [-0.05, 0) is 23.9 Å². The van der Waals surface area contributed by atoms with Gasteiger partial charge in [0.15, 0.2) is 5.78 Å². The third-order valence-corrected chi connectivity index (χ3v) is 4.01. The van der Waals surface area contributed by atoms with Crippen molar-refractivity contribution in [1.29, 1.82) is 0 Å². The van der Waals surface area contributed by atoms with Crippen molar-refractivity contribution in [2.45, 2.75) is 13.3 Å². The second kappa shape index (κ2) is 7.18. The Kier molecular flexibility index (Phi) is 4.80. The lowest BCUT2D eigenvalue weighted by molar-refractivity contribution is -0.142. The highest BCUT2D eigenvalue weighted by atomic mass is 16.5. The fourth-order valence-electron chi connectivity index (χ4n) is 2.92. The van der Waals surface area contributed by atoms with Gasteiger partial charge < -0.3 is 9.84 Å². The van der Waals surface area contributed by atoms with Gasteiger partial charge in [-0.3, -0.25) is 9.59 Å². The Labute approximate surface area is 145 Å². The molecule has 0 amide bonds. The molecule has 0 aliphatic carbocycles. The van der Waals surface area contributed by atoms with Crippen LogP contribution < -0.4 is 0 Å². The van der Waals surface area contributed by atoms with Crippen molar-refractivity contribution >= 4 is 22.5 Å². The van der Waals surface area contributed by atoms with Crippen LogP contribution in [0.5, 0.6) is 5.75 Å². The van der Waals surface area contributed by atoms with Crippen LogP contribution in [-0.2, 0) is 16.0 Å². The van der Waals surface area contributed by atoms with Crippen LogP contribution in [-0.4, -0.2) is 23.5 Å². The maximum atomic E-state index is 13.1. The van der Waals surface area contributed by atoms with Crippen molar-refractivity contribution in [2.75, 3.05) is 6.61 Å². The molecule has 0 radical (unpaired) electrons. The molecule has 3 aromatic rings. The van der Waals surface area contributed by atoms with Crippen LogP contribution in [0.4, 0.5) is 0 Å². The number of rotatable bonds is 5. The molecule has 0 fully saturated rings. The van der Waals surface area contributed by atoms with Gasteiger partial charge in [0.2, 0.25) is 0 Å². The largest absolute Gasteiger partial charge is 0.507 e. The number of carbonyl (C=O) groups is 2. The number of aromatic hydroxyl groups is 1. The minimum atomic E-state index is -0.431. The molecule has 0 atom stereocenters. The molecule has 0 aliphatic heterocycles. The van der Waals surface area contributed by atoms with E-state index in [1.807, 2.05) is 6.07 Å². The number of ether oxygens (including phenoxy) is 1. The van der Waals surface area contributed by atoms with E-state index >= 15 is 0 Å². The standard InChI is InChI=1S/C21H18O4/c1-2-25-19(23)13-15-12-18(22)16-10-6-7-11-17(16)20(15)21(24)14-8-4-3-5-9-14/h3-12,22H,2,13H2,1H3. The van der Waals surface area contributed by atoms with Crippen molar-refractivity contribution in [1.82, 2.24) is 0 Å². The number of ketones is 1. The number of hydrogen-bond donors (Lipinski definition) is 1. The van der Waals surface area contributed by atoms with Gasteiger partial charge in [-0.25, -0.2) is 0 Å². The first-order chi connectivity index (χ1) is 12.1. The predicted octanol–water partition coefficient (Wildman–Crippen LogP) is 3.88. The summed E-state index contributed by atoms with van der Waals surface area (Å²) in [5.41, 5.74) is 1.42. The Bertz CT molecular complexity index is 929. The molecule has 4 nitrogen and oxygen atoms in total. The lowest BCUT2D eigenvalue weighted by atomic mass is 9.91. The van der Waals surface area contributed by atoms with E-state index in [1.165, 1.54) is 6.07 Å². The molecule has 0 aliphatic rings. The van der Waals surface area contributed by atoms with Crippen molar-refractivity contribution < 1.29 is 19.4 Å². The Morgan fingerprint density at radius 3 is 2.28 bits per heavy atom. The summed E-state index contributed by atoms with van der Waals surface area (Å²) >= 11 is 0. The van der Waals surface area contributed by atoms with Crippen LogP contribution in [0.2, 0.25) is 0 Å². The summed E-state index contributed by atoms with van der Waals surface area (Å²) in [7, 11) is 0. The highest BCUT2D eigenvalue weighted by molar-refractivity contribution is 6.18. The molecule has 3 aromatic carbocycles. The number of esters is 1. The van der Waals surface area contributed by atoms with Crippen molar-refractivity contribution in [3.63, 3.8) is 0 Å². The van der Waals surface area contributed by atoms with Crippen LogP contribution in [0, 0.1) is 0 Å². The molecule has 0 aromatic heterocycles. The van der Waals surface area contributed by atoms with Gasteiger partial charge in [0, 0.05) is 16.5 Å². The Morgan fingerprint density at radius 2 is 1.60 bits per heavy atom. The van der Waals surface area contributed by atoms with Crippen LogP contribution >= 0.6 is 0 Å². The van der Waals surface area contributed by atoms with Crippen molar-refractivity contribution in [3.05, 3.63) is 77.4 Å². The molecule has 0 saturated heterocycles. The highest BCUT2D eigenvalue weighted by Gasteiger charge is 2.21. The maximum absolute atomic E-state index is 13.1. The molecule has 4 heteroatoms. The minimum absolute atomic E-state index is 0.0412. The van der Waals surface area contributed by atoms with Crippen LogP contribution in [0.3, 0.4) is 0 Å². The van der Waals surface area contributed by atoms with Crippen LogP contribution in [0.25, 0.3) is 10.8 Å². The first-order valence-electron chi connectivity index (χ1n) is 8.10. The molecule has 0 spiro atoms. The van der Waals surface area contributed by atoms with E-state index in [1.54, 1.807) is 55.5 Å². The third kappa shape index (κ3) is 3.38. The summed E-state index contributed by atoms with van der Waals surface area (Å²) in [6, 6.07) is 17.5. The van der Waals surface area contributed by atoms with Gasteiger partial charge in [0.25, 0.3) is 0 Å². The first-order valence-corrected chi connectivity index (χ1v) is 8.10. The monoisotopic (exact) mass is 334 g/mol. The summed E-state index contributed by atoms with van der Waals surface area (Å²) in [5.74, 6) is -0.574. The minimum Gasteiger partial charge on any atom is -0.507 e. The second-order valence-electron chi connectivity index (χ2n) is 5.65. The summed E-state index contributed by atoms with van der Waals surface area (Å²) in [6.45, 7) is 1.99. The predicted molar refractivity (Wildman–Crippen MR) is 95.8 cm³/mol. The average Bonchev–Trinajstić information content (AvgIpc) is 2.62. The molecule has 3 rings (SSSR count).